The second-order valence-corrected chi connectivity index (χ2v) is 4.49. The SMILES string of the molecule is C=C(C)C(=O)OCC1(Cc2ccccc2)CO1. The monoisotopic (exact) mass is 232 g/mol. The van der Waals surface area contributed by atoms with E-state index in [1.165, 1.54) is 5.56 Å². The number of esters is 1. The first-order valence-electron chi connectivity index (χ1n) is 5.62. The zero-order valence-electron chi connectivity index (χ0n) is 9.94. The number of ether oxygens (including phenoxy) is 2. The molecule has 0 aliphatic carbocycles. The van der Waals surface area contributed by atoms with E-state index < -0.39 is 0 Å². The molecule has 17 heavy (non-hydrogen) atoms. The van der Waals surface area contributed by atoms with Crippen LogP contribution in [-0.4, -0.2) is 24.8 Å². The summed E-state index contributed by atoms with van der Waals surface area (Å²) in [5.74, 6) is -0.354. The highest BCUT2D eigenvalue weighted by Crippen LogP contribution is 2.31. The van der Waals surface area contributed by atoms with Crippen LogP contribution in [0.25, 0.3) is 0 Å². The van der Waals surface area contributed by atoms with Gasteiger partial charge in [-0.1, -0.05) is 36.9 Å². The van der Waals surface area contributed by atoms with Gasteiger partial charge in [0.15, 0.2) is 0 Å². The summed E-state index contributed by atoms with van der Waals surface area (Å²) in [7, 11) is 0. The first kappa shape index (κ1) is 11.9. The molecule has 2 rings (SSSR count). The Morgan fingerprint density at radius 2 is 2.12 bits per heavy atom. The Bertz CT molecular complexity index is 418. The Balaban J connectivity index is 1.88. The van der Waals surface area contributed by atoms with E-state index in [1.54, 1.807) is 6.92 Å². The lowest BCUT2D eigenvalue weighted by atomic mass is 10.0. The third-order valence-electron chi connectivity index (χ3n) is 2.74. The Morgan fingerprint density at radius 3 is 2.65 bits per heavy atom. The van der Waals surface area contributed by atoms with E-state index in [1.807, 2.05) is 30.3 Å². The number of epoxide rings is 1. The van der Waals surface area contributed by atoms with Crippen LogP contribution in [0.3, 0.4) is 0 Å². The Hall–Kier alpha value is -1.61. The van der Waals surface area contributed by atoms with Crippen LogP contribution in [0.15, 0.2) is 42.5 Å². The van der Waals surface area contributed by atoms with Crippen LogP contribution in [0.5, 0.6) is 0 Å². The third-order valence-corrected chi connectivity index (χ3v) is 2.74. The van der Waals surface area contributed by atoms with Crippen LogP contribution in [0, 0.1) is 0 Å². The van der Waals surface area contributed by atoms with Gasteiger partial charge in [0.1, 0.15) is 12.2 Å². The molecule has 0 spiro atoms. The van der Waals surface area contributed by atoms with Gasteiger partial charge in [0.2, 0.25) is 0 Å². The van der Waals surface area contributed by atoms with Gasteiger partial charge in [0.25, 0.3) is 0 Å². The second-order valence-electron chi connectivity index (χ2n) is 4.49. The highest BCUT2D eigenvalue weighted by molar-refractivity contribution is 5.86. The van der Waals surface area contributed by atoms with E-state index in [4.69, 9.17) is 9.47 Å². The predicted molar refractivity (Wildman–Crippen MR) is 64.6 cm³/mol. The van der Waals surface area contributed by atoms with Crippen molar-refractivity contribution in [1.82, 2.24) is 0 Å². The minimum Gasteiger partial charge on any atom is -0.459 e. The molecule has 1 heterocycles. The molecular weight excluding hydrogens is 216 g/mol. The summed E-state index contributed by atoms with van der Waals surface area (Å²) in [4.78, 5) is 11.3. The standard InChI is InChI=1S/C14H16O3/c1-11(2)13(15)16-9-14(10-17-14)8-12-6-4-3-5-7-12/h3-7H,1,8-10H2,2H3. The number of carbonyl (C=O) groups is 1. The van der Waals surface area contributed by atoms with Crippen molar-refractivity contribution in [3.63, 3.8) is 0 Å². The lowest BCUT2D eigenvalue weighted by Gasteiger charge is -2.12. The molecule has 0 N–H and O–H groups in total. The van der Waals surface area contributed by atoms with Gasteiger partial charge < -0.3 is 9.47 Å². The van der Waals surface area contributed by atoms with Crippen LogP contribution >= 0.6 is 0 Å². The Morgan fingerprint density at radius 1 is 1.47 bits per heavy atom. The second kappa shape index (κ2) is 4.72. The molecule has 1 aromatic carbocycles. The van der Waals surface area contributed by atoms with E-state index in [-0.39, 0.29) is 11.6 Å². The van der Waals surface area contributed by atoms with Crippen molar-refractivity contribution in [2.45, 2.75) is 18.9 Å². The number of hydrogen-bond acceptors (Lipinski definition) is 3. The van der Waals surface area contributed by atoms with Crippen LogP contribution in [0.2, 0.25) is 0 Å². The van der Waals surface area contributed by atoms with Crippen LogP contribution in [0.1, 0.15) is 12.5 Å². The predicted octanol–water partition coefficient (Wildman–Crippen LogP) is 2.12. The van der Waals surface area contributed by atoms with Gasteiger partial charge in [-0.05, 0) is 12.5 Å². The van der Waals surface area contributed by atoms with Crippen molar-refractivity contribution in [2.24, 2.45) is 0 Å². The van der Waals surface area contributed by atoms with Crippen molar-refractivity contribution in [2.75, 3.05) is 13.2 Å². The van der Waals surface area contributed by atoms with Gasteiger partial charge >= 0.3 is 5.97 Å². The molecule has 0 saturated carbocycles. The van der Waals surface area contributed by atoms with E-state index in [0.717, 1.165) is 6.42 Å². The number of rotatable bonds is 5. The molecule has 0 aromatic heterocycles. The van der Waals surface area contributed by atoms with Gasteiger partial charge in [-0.25, -0.2) is 4.79 Å². The Labute approximate surface area is 101 Å². The first-order chi connectivity index (χ1) is 8.11. The summed E-state index contributed by atoms with van der Waals surface area (Å²) in [5, 5.41) is 0. The molecule has 0 amide bonds. The molecule has 1 aliphatic rings. The molecule has 3 nitrogen and oxygen atoms in total. The zero-order chi connectivity index (χ0) is 12.3. The van der Waals surface area contributed by atoms with Crippen LogP contribution in [0.4, 0.5) is 0 Å². The van der Waals surface area contributed by atoms with Gasteiger partial charge in [0, 0.05) is 12.0 Å². The van der Waals surface area contributed by atoms with Crippen molar-refractivity contribution in [3.8, 4) is 0 Å². The fraction of sp³-hybridized carbons (Fsp3) is 0.357. The molecule has 0 bridgehead atoms. The molecule has 1 aromatic rings. The maximum absolute atomic E-state index is 11.3. The maximum atomic E-state index is 11.3. The average molecular weight is 232 g/mol. The number of benzene rings is 1. The summed E-state index contributed by atoms with van der Waals surface area (Å²) in [6.07, 6.45) is 0.775. The largest absolute Gasteiger partial charge is 0.459 e. The summed E-state index contributed by atoms with van der Waals surface area (Å²) in [6.45, 7) is 6.13. The first-order valence-corrected chi connectivity index (χ1v) is 5.62. The van der Waals surface area contributed by atoms with Gasteiger partial charge in [-0.15, -0.1) is 0 Å². The van der Waals surface area contributed by atoms with Crippen molar-refractivity contribution < 1.29 is 14.3 Å². The normalized spacial score (nSPS) is 21.9. The zero-order valence-corrected chi connectivity index (χ0v) is 9.94. The van der Waals surface area contributed by atoms with Gasteiger partial charge in [-0.3, -0.25) is 0 Å². The van der Waals surface area contributed by atoms with Crippen molar-refractivity contribution >= 4 is 5.97 Å². The molecule has 1 aliphatic heterocycles. The summed E-state index contributed by atoms with van der Waals surface area (Å²) >= 11 is 0. The quantitative estimate of drug-likeness (QED) is 0.443. The van der Waals surface area contributed by atoms with E-state index in [9.17, 15) is 4.79 Å². The van der Waals surface area contributed by atoms with E-state index >= 15 is 0 Å². The highest BCUT2D eigenvalue weighted by Gasteiger charge is 2.46. The molecule has 1 saturated heterocycles. The van der Waals surface area contributed by atoms with Gasteiger partial charge in [-0.2, -0.15) is 0 Å². The molecule has 3 heteroatoms. The fourth-order valence-corrected chi connectivity index (χ4v) is 1.63. The summed E-state index contributed by atoms with van der Waals surface area (Å²) in [6, 6.07) is 10.1. The van der Waals surface area contributed by atoms with Crippen LogP contribution in [-0.2, 0) is 20.7 Å². The molecule has 1 unspecified atom stereocenters. The molecule has 0 radical (unpaired) electrons. The maximum Gasteiger partial charge on any atom is 0.333 e. The lowest BCUT2D eigenvalue weighted by molar-refractivity contribution is -0.140. The van der Waals surface area contributed by atoms with Crippen molar-refractivity contribution in [1.29, 1.82) is 0 Å². The average Bonchev–Trinajstić information content (AvgIpc) is 3.07. The van der Waals surface area contributed by atoms with Crippen molar-refractivity contribution in [3.05, 3.63) is 48.0 Å². The molecule has 1 atom stereocenters. The topological polar surface area (TPSA) is 38.8 Å². The minimum absolute atomic E-state index is 0.299. The minimum atomic E-state index is -0.354. The molecule has 90 valence electrons. The third kappa shape index (κ3) is 3.17. The highest BCUT2D eigenvalue weighted by atomic mass is 16.6. The Kier molecular flexibility index (Phi) is 3.29. The smallest absolute Gasteiger partial charge is 0.333 e. The van der Waals surface area contributed by atoms with E-state index in [2.05, 4.69) is 6.58 Å². The number of hydrogen-bond donors (Lipinski definition) is 0. The summed E-state index contributed by atoms with van der Waals surface area (Å²) in [5.41, 5.74) is 1.30. The lowest BCUT2D eigenvalue weighted by Crippen LogP contribution is -2.24. The fourth-order valence-electron chi connectivity index (χ4n) is 1.63. The van der Waals surface area contributed by atoms with Gasteiger partial charge in [0.05, 0.1) is 6.61 Å². The molecule has 1 fully saturated rings. The molecular formula is C14H16O3. The van der Waals surface area contributed by atoms with Crippen LogP contribution < -0.4 is 0 Å². The van der Waals surface area contributed by atoms with E-state index in [0.29, 0.717) is 18.8 Å². The number of carbonyl (C=O) groups excluding carboxylic acids is 1. The summed E-state index contributed by atoms with van der Waals surface area (Å²) < 4.78 is 10.6.